The third kappa shape index (κ3) is 2.23. The maximum atomic E-state index is 5.78. The van der Waals surface area contributed by atoms with E-state index in [1.54, 1.807) is 0 Å². The predicted octanol–water partition coefficient (Wildman–Crippen LogP) is 2.74. The molecule has 1 aliphatic heterocycles. The van der Waals surface area contributed by atoms with E-state index in [0.717, 1.165) is 26.1 Å². The Bertz CT molecular complexity index is 514. The van der Waals surface area contributed by atoms with E-state index in [0.29, 0.717) is 6.10 Å². The summed E-state index contributed by atoms with van der Waals surface area (Å²) in [4.78, 5) is 1.47. The maximum absolute atomic E-state index is 5.78. The van der Waals surface area contributed by atoms with Crippen LogP contribution in [0.3, 0.4) is 0 Å². The van der Waals surface area contributed by atoms with Crippen molar-refractivity contribution in [1.82, 2.24) is 5.32 Å². The van der Waals surface area contributed by atoms with Crippen molar-refractivity contribution in [2.75, 3.05) is 19.7 Å². The lowest BCUT2D eigenvalue weighted by Gasteiger charge is -2.23. The number of rotatable bonds is 2. The van der Waals surface area contributed by atoms with Gasteiger partial charge in [0.15, 0.2) is 0 Å². The van der Waals surface area contributed by atoms with Crippen LogP contribution in [0.1, 0.15) is 10.4 Å². The molecule has 0 saturated carbocycles. The average molecular weight is 247 g/mol. The van der Waals surface area contributed by atoms with Crippen molar-refractivity contribution in [1.29, 1.82) is 0 Å². The van der Waals surface area contributed by atoms with Gasteiger partial charge in [-0.2, -0.15) is 0 Å². The molecule has 1 atom stereocenters. The maximum Gasteiger partial charge on any atom is 0.0748 e. The molecule has 0 amide bonds. The number of thiophene rings is 1. The zero-order valence-corrected chi connectivity index (χ0v) is 10.8. The average Bonchev–Trinajstić information content (AvgIpc) is 2.68. The van der Waals surface area contributed by atoms with E-state index in [1.807, 2.05) is 11.3 Å². The third-order valence-corrected chi connectivity index (χ3v) is 4.66. The Morgan fingerprint density at radius 2 is 2.29 bits per heavy atom. The van der Waals surface area contributed by atoms with E-state index < -0.39 is 0 Å². The molecule has 1 unspecified atom stereocenters. The minimum atomic E-state index is 0.343. The van der Waals surface area contributed by atoms with Gasteiger partial charge in [0.05, 0.1) is 12.7 Å². The van der Waals surface area contributed by atoms with Crippen LogP contribution < -0.4 is 5.32 Å². The second kappa shape index (κ2) is 4.77. The molecular weight excluding hydrogens is 230 g/mol. The quantitative estimate of drug-likeness (QED) is 0.881. The van der Waals surface area contributed by atoms with E-state index >= 15 is 0 Å². The molecule has 1 fully saturated rings. The Morgan fingerprint density at radius 1 is 1.41 bits per heavy atom. The lowest BCUT2D eigenvalue weighted by molar-refractivity contribution is 0.0296. The number of ether oxygens (including phenoxy) is 1. The van der Waals surface area contributed by atoms with Crippen LogP contribution in [0, 0.1) is 6.92 Å². The summed E-state index contributed by atoms with van der Waals surface area (Å²) >= 11 is 1.91. The lowest BCUT2D eigenvalue weighted by atomic mass is 10.1. The van der Waals surface area contributed by atoms with Crippen molar-refractivity contribution in [3.05, 3.63) is 34.7 Å². The van der Waals surface area contributed by atoms with Crippen molar-refractivity contribution in [3.8, 4) is 0 Å². The Labute approximate surface area is 106 Å². The van der Waals surface area contributed by atoms with E-state index in [9.17, 15) is 0 Å². The molecule has 17 heavy (non-hydrogen) atoms. The molecule has 0 radical (unpaired) electrons. The molecule has 0 aliphatic carbocycles. The molecule has 1 aromatic heterocycles. The molecule has 2 heterocycles. The van der Waals surface area contributed by atoms with Gasteiger partial charge in [0.2, 0.25) is 0 Å². The highest BCUT2D eigenvalue weighted by Crippen LogP contribution is 2.31. The van der Waals surface area contributed by atoms with Gasteiger partial charge in [0.1, 0.15) is 0 Å². The Morgan fingerprint density at radius 3 is 3.06 bits per heavy atom. The van der Waals surface area contributed by atoms with Crippen molar-refractivity contribution in [2.45, 2.75) is 19.4 Å². The van der Waals surface area contributed by atoms with Crippen LogP contribution in [0.15, 0.2) is 24.3 Å². The normalized spacial score (nSPS) is 20.9. The van der Waals surface area contributed by atoms with Gasteiger partial charge in [-0.3, -0.25) is 0 Å². The SMILES string of the molecule is Cc1c(CC2CNCCO2)sc2ccccc12. The first kappa shape index (κ1) is 11.2. The first-order valence-corrected chi connectivity index (χ1v) is 6.95. The van der Waals surface area contributed by atoms with E-state index in [-0.39, 0.29) is 0 Å². The summed E-state index contributed by atoms with van der Waals surface area (Å²) in [6.07, 6.45) is 1.38. The number of aryl methyl sites for hydroxylation is 1. The highest BCUT2D eigenvalue weighted by atomic mass is 32.1. The molecular formula is C14H17NOS. The van der Waals surface area contributed by atoms with Crippen LogP contribution in [-0.2, 0) is 11.2 Å². The second-order valence-corrected chi connectivity index (χ2v) is 5.68. The molecule has 1 aromatic carbocycles. The van der Waals surface area contributed by atoms with Gasteiger partial charge < -0.3 is 10.1 Å². The summed E-state index contributed by atoms with van der Waals surface area (Å²) in [5.74, 6) is 0. The van der Waals surface area contributed by atoms with Crippen molar-refractivity contribution >= 4 is 21.4 Å². The molecule has 2 aromatic rings. The van der Waals surface area contributed by atoms with Crippen molar-refractivity contribution < 1.29 is 4.74 Å². The first-order valence-electron chi connectivity index (χ1n) is 6.14. The van der Waals surface area contributed by atoms with Gasteiger partial charge in [-0.1, -0.05) is 18.2 Å². The molecule has 90 valence electrons. The molecule has 2 nitrogen and oxygen atoms in total. The Balaban J connectivity index is 1.87. The minimum Gasteiger partial charge on any atom is -0.375 e. The number of nitrogens with one attached hydrogen (secondary N) is 1. The van der Waals surface area contributed by atoms with Crippen molar-refractivity contribution in [2.24, 2.45) is 0 Å². The Hall–Kier alpha value is -0.900. The standard InChI is InChI=1S/C14H17NOS/c1-10-12-4-2-3-5-13(12)17-14(10)8-11-9-15-6-7-16-11/h2-5,11,15H,6-9H2,1H3. The fraction of sp³-hybridized carbons (Fsp3) is 0.429. The van der Waals surface area contributed by atoms with Crippen LogP contribution in [0.5, 0.6) is 0 Å². The zero-order chi connectivity index (χ0) is 11.7. The van der Waals surface area contributed by atoms with Crippen LogP contribution in [0.2, 0.25) is 0 Å². The van der Waals surface area contributed by atoms with E-state index in [4.69, 9.17) is 4.74 Å². The van der Waals surface area contributed by atoms with Gasteiger partial charge in [-0.25, -0.2) is 0 Å². The van der Waals surface area contributed by atoms with Gasteiger partial charge >= 0.3 is 0 Å². The molecule has 0 bridgehead atoms. The summed E-state index contributed by atoms with van der Waals surface area (Å²) in [6.45, 7) is 5.04. The van der Waals surface area contributed by atoms with Gasteiger partial charge in [-0.05, 0) is 23.9 Å². The van der Waals surface area contributed by atoms with E-state index in [2.05, 4.69) is 36.5 Å². The third-order valence-electron chi connectivity index (χ3n) is 3.36. The van der Waals surface area contributed by atoms with Gasteiger partial charge in [0, 0.05) is 29.1 Å². The fourth-order valence-electron chi connectivity index (χ4n) is 2.38. The minimum absolute atomic E-state index is 0.343. The number of hydrogen-bond donors (Lipinski definition) is 1. The zero-order valence-electron chi connectivity index (χ0n) is 10.0. The van der Waals surface area contributed by atoms with Crippen LogP contribution in [-0.4, -0.2) is 25.8 Å². The Kier molecular flexibility index (Phi) is 3.14. The summed E-state index contributed by atoms with van der Waals surface area (Å²) in [5, 5.41) is 4.79. The molecule has 1 aliphatic rings. The number of morpholine rings is 1. The topological polar surface area (TPSA) is 21.3 Å². The summed E-state index contributed by atoms with van der Waals surface area (Å²) in [6, 6.07) is 8.65. The lowest BCUT2D eigenvalue weighted by Crippen LogP contribution is -2.39. The first-order chi connectivity index (χ1) is 8.34. The van der Waals surface area contributed by atoms with Gasteiger partial charge in [0.25, 0.3) is 0 Å². The molecule has 3 heteroatoms. The van der Waals surface area contributed by atoms with E-state index in [1.165, 1.54) is 20.5 Å². The monoisotopic (exact) mass is 247 g/mol. The second-order valence-electron chi connectivity index (χ2n) is 4.55. The highest BCUT2D eigenvalue weighted by Gasteiger charge is 2.17. The molecule has 1 saturated heterocycles. The predicted molar refractivity (Wildman–Crippen MR) is 72.9 cm³/mol. The summed E-state index contributed by atoms with van der Waals surface area (Å²) in [5.41, 5.74) is 1.43. The molecule has 3 rings (SSSR count). The number of fused-ring (bicyclic) bond motifs is 1. The largest absolute Gasteiger partial charge is 0.375 e. The molecule has 1 N–H and O–H groups in total. The van der Waals surface area contributed by atoms with Crippen LogP contribution in [0.4, 0.5) is 0 Å². The summed E-state index contributed by atoms with van der Waals surface area (Å²) in [7, 11) is 0. The molecule has 0 spiro atoms. The van der Waals surface area contributed by atoms with Crippen LogP contribution in [0.25, 0.3) is 10.1 Å². The fourth-order valence-corrected chi connectivity index (χ4v) is 3.65. The van der Waals surface area contributed by atoms with Crippen molar-refractivity contribution in [3.63, 3.8) is 0 Å². The summed E-state index contributed by atoms with van der Waals surface area (Å²) < 4.78 is 7.17. The number of benzene rings is 1. The highest BCUT2D eigenvalue weighted by molar-refractivity contribution is 7.19. The van der Waals surface area contributed by atoms with Crippen LogP contribution >= 0.6 is 11.3 Å². The number of hydrogen-bond acceptors (Lipinski definition) is 3. The smallest absolute Gasteiger partial charge is 0.0748 e. The van der Waals surface area contributed by atoms with Gasteiger partial charge in [-0.15, -0.1) is 11.3 Å².